The summed E-state index contributed by atoms with van der Waals surface area (Å²) in [5.74, 6) is -1.50. The van der Waals surface area contributed by atoms with Gasteiger partial charge in [-0.3, -0.25) is 15.4 Å². The van der Waals surface area contributed by atoms with Crippen LogP contribution in [0, 0.1) is 12.7 Å². The van der Waals surface area contributed by atoms with E-state index in [1.165, 1.54) is 29.9 Å². The van der Waals surface area contributed by atoms with Crippen molar-refractivity contribution in [3.05, 3.63) is 41.7 Å². The van der Waals surface area contributed by atoms with Gasteiger partial charge in [0.25, 0.3) is 0 Å². The minimum absolute atomic E-state index is 0.0301. The summed E-state index contributed by atoms with van der Waals surface area (Å²) in [7, 11) is 0. The Morgan fingerprint density at radius 3 is 2.72 bits per heavy atom. The van der Waals surface area contributed by atoms with E-state index < -0.39 is 29.2 Å². The van der Waals surface area contributed by atoms with Crippen LogP contribution in [0.25, 0.3) is 27.8 Å². The Labute approximate surface area is 157 Å². The topological polar surface area (TPSA) is 97.2 Å². The first-order chi connectivity index (χ1) is 13.7. The second-order valence-corrected chi connectivity index (χ2v) is 6.00. The van der Waals surface area contributed by atoms with Gasteiger partial charge in [-0.25, -0.2) is 19.1 Å². The molecule has 0 saturated carbocycles. The Kier molecular flexibility index (Phi) is 4.10. The van der Waals surface area contributed by atoms with Gasteiger partial charge in [-0.1, -0.05) is 0 Å². The number of aromatic amines is 1. The molecule has 2 N–H and O–H groups in total. The summed E-state index contributed by atoms with van der Waals surface area (Å²) >= 11 is 0. The molecule has 8 nitrogen and oxygen atoms in total. The highest BCUT2D eigenvalue weighted by atomic mass is 19.4. The van der Waals surface area contributed by atoms with Gasteiger partial charge in [0.15, 0.2) is 11.5 Å². The standard InChI is InChI=1S/C16H9F5N6O2/c1-6-11(7-2-23-26-14(7)12(13(6)17)16(18,19)20)8-4-27-5-9(25-15(28)29-21)24-10(27)3-22-8/h2-5H,1H3,(H,23,26)(H,25,28). The minimum atomic E-state index is -4.93. The van der Waals surface area contributed by atoms with Crippen LogP contribution in [0.1, 0.15) is 11.1 Å². The lowest BCUT2D eigenvalue weighted by Crippen LogP contribution is -2.11. The first-order valence-electron chi connectivity index (χ1n) is 7.87. The lowest BCUT2D eigenvalue weighted by Gasteiger charge is -2.15. The molecule has 0 fully saturated rings. The van der Waals surface area contributed by atoms with E-state index in [0.29, 0.717) is 0 Å². The van der Waals surface area contributed by atoms with Crippen LogP contribution >= 0.6 is 0 Å². The molecule has 0 aliphatic carbocycles. The zero-order chi connectivity index (χ0) is 20.9. The van der Waals surface area contributed by atoms with Crippen molar-refractivity contribution in [1.82, 2.24) is 24.6 Å². The van der Waals surface area contributed by atoms with Crippen LogP contribution in [0.3, 0.4) is 0 Å². The largest absolute Gasteiger partial charge is 0.450 e. The van der Waals surface area contributed by atoms with Gasteiger partial charge in [0.2, 0.25) is 0 Å². The number of amides is 1. The first-order valence-corrected chi connectivity index (χ1v) is 7.87. The Balaban J connectivity index is 1.91. The maximum atomic E-state index is 14.6. The number of nitrogens with one attached hydrogen (secondary N) is 2. The lowest BCUT2D eigenvalue weighted by molar-refractivity contribution is -0.138. The van der Waals surface area contributed by atoms with E-state index in [2.05, 4.69) is 25.1 Å². The predicted octanol–water partition coefficient (Wildman–Crippen LogP) is 4.17. The van der Waals surface area contributed by atoms with Crippen LogP contribution in [0.2, 0.25) is 0 Å². The number of hydrogen-bond donors (Lipinski definition) is 2. The van der Waals surface area contributed by atoms with Crippen LogP contribution in [-0.2, 0) is 11.1 Å². The van der Waals surface area contributed by atoms with Gasteiger partial charge >= 0.3 is 12.3 Å². The molecule has 0 unspecified atom stereocenters. The summed E-state index contributed by atoms with van der Waals surface area (Å²) in [6, 6.07) is 0. The molecular formula is C16H9F5N6O2. The fourth-order valence-corrected chi connectivity index (χ4v) is 3.08. The number of hydrogen-bond acceptors (Lipinski definition) is 5. The Morgan fingerprint density at radius 1 is 1.28 bits per heavy atom. The predicted molar refractivity (Wildman–Crippen MR) is 89.0 cm³/mol. The van der Waals surface area contributed by atoms with Crippen LogP contribution < -0.4 is 5.32 Å². The van der Waals surface area contributed by atoms with Gasteiger partial charge in [0.1, 0.15) is 11.4 Å². The fraction of sp³-hybridized carbons (Fsp3) is 0.125. The van der Waals surface area contributed by atoms with Crippen molar-refractivity contribution < 1.29 is 31.8 Å². The molecule has 0 radical (unpaired) electrons. The minimum Gasteiger partial charge on any atom is -0.301 e. The molecule has 0 aliphatic rings. The zero-order valence-electron chi connectivity index (χ0n) is 14.3. The number of aromatic nitrogens is 5. The first kappa shape index (κ1) is 18.6. The molecule has 0 atom stereocenters. The molecule has 1 aromatic carbocycles. The number of carbonyl (C=O) groups is 1. The number of fused-ring (bicyclic) bond motifs is 2. The van der Waals surface area contributed by atoms with E-state index in [4.69, 9.17) is 0 Å². The Bertz CT molecular complexity index is 1260. The molecule has 4 aromatic rings. The van der Waals surface area contributed by atoms with Crippen LogP contribution in [0.4, 0.5) is 32.7 Å². The normalized spacial score (nSPS) is 11.9. The van der Waals surface area contributed by atoms with Crippen molar-refractivity contribution in [2.24, 2.45) is 0 Å². The molecule has 29 heavy (non-hydrogen) atoms. The number of rotatable bonds is 2. The van der Waals surface area contributed by atoms with Crippen LogP contribution in [0.15, 0.2) is 24.8 Å². The molecule has 0 spiro atoms. The highest BCUT2D eigenvalue weighted by Crippen LogP contribution is 2.41. The molecule has 3 aromatic heterocycles. The van der Waals surface area contributed by atoms with E-state index in [0.717, 1.165) is 6.20 Å². The second kappa shape index (κ2) is 6.39. The van der Waals surface area contributed by atoms with Crippen molar-refractivity contribution in [2.45, 2.75) is 13.1 Å². The Morgan fingerprint density at radius 2 is 2.03 bits per heavy atom. The number of nitrogens with zero attached hydrogens (tertiary/aromatic N) is 4. The lowest BCUT2D eigenvalue weighted by atomic mass is 9.96. The summed E-state index contributed by atoms with van der Waals surface area (Å²) in [6.45, 7) is 1.20. The molecule has 3 heterocycles. The number of halogens is 5. The highest BCUT2D eigenvalue weighted by Gasteiger charge is 2.39. The molecule has 1 amide bonds. The average Bonchev–Trinajstić information content (AvgIpc) is 3.27. The summed E-state index contributed by atoms with van der Waals surface area (Å²) in [5, 5.41) is 7.85. The number of alkyl halides is 3. The SMILES string of the molecule is Cc1c(F)c(C(F)(F)F)c2[nH]ncc2c1-c1cn2cc(NC(=O)OF)nc2cn1. The van der Waals surface area contributed by atoms with E-state index in [1.807, 2.05) is 5.32 Å². The third-order valence-electron chi connectivity index (χ3n) is 4.26. The quantitative estimate of drug-likeness (QED) is 0.482. The Hall–Kier alpha value is -3.77. The zero-order valence-corrected chi connectivity index (χ0v) is 14.3. The molecule has 0 aliphatic heterocycles. The molecule has 0 bridgehead atoms. The van der Waals surface area contributed by atoms with Crippen LogP contribution in [-0.4, -0.2) is 30.7 Å². The van der Waals surface area contributed by atoms with E-state index in [9.17, 15) is 26.9 Å². The monoisotopic (exact) mass is 412 g/mol. The van der Waals surface area contributed by atoms with Gasteiger partial charge < -0.3 is 4.40 Å². The summed E-state index contributed by atoms with van der Waals surface area (Å²) < 4.78 is 67.8. The smallest absolute Gasteiger partial charge is 0.301 e. The van der Waals surface area contributed by atoms with Crippen molar-refractivity contribution in [3.8, 4) is 11.3 Å². The summed E-state index contributed by atoms with van der Waals surface area (Å²) in [4.78, 5) is 22.0. The molecule has 0 saturated heterocycles. The summed E-state index contributed by atoms with van der Waals surface area (Å²) in [6.07, 6.45) is -1.25. The van der Waals surface area contributed by atoms with Crippen molar-refractivity contribution in [1.29, 1.82) is 0 Å². The van der Waals surface area contributed by atoms with Crippen molar-refractivity contribution >= 4 is 28.5 Å². The van der Waals surface area contributed by atoms with Gasteiger partial charge in [0.05, 0.1) is 29.8 Å². The van der Waals surface area contributed by atoms with Gasteiger partial charge in [-0.15, -0.1) is 0 Å². The number of imidazole rings is 1. The maximum absolute atomic E-state index is 14.6. The third-order valence-corrected chi connectivity index (χ3v) is 4.26. The average molecular weight is 412 g/mol. The molecule has 13 heteroatoms. The van der Waals surface area contributed by atoms with Crippen molar-refractivity contribution in [3.63, 3.8) is 0 Å². The molecular weight excluding hydrogens is 403 g/mol. The van der Waals surface area contributed by atoms with E-state index in [-0.39, 0.29) is 33.7 Å². The number of carbonyl (C=O) groups excluding carboxylic acids is 1. The van der Waals surface area contributed by atoms with Crippen LogP contribution in [0.5, 0.6) is 0 Å². The molecule has 150 valence electrons. The highest BCUT2D eigenvalue weighted by molar-refractivity contribution is 5.97. The maximum Gasteiger partial charge on any atom is 0.450 e. The number of benzene rings is 1. The fourth-order valence-electron chi connectivity index (χ4n) is 3.08. The van der Waals surface area contributed by atoms with Crippen molar-refractivity contribution in [2.75, 3.05) is 5.32 Å². The van der Waals surface area contributed by atoms with Gasteiger partial charge in [-0.05, 0) is 12.5 Å². The third kappa shape index (κ3) is 2.99. The molecule has 4 rings (SSSR count). The summed E-state index contributed by atoms with van der Waals surface area (Å²) in [5.41, 5.74) is -1.74. The van der Waals surface area contributed by atoms with E-state index in [1.54, 1.807) is 0 Å². The van der Waals surface area contributed by atoms with E-state index >= 15 is 0 Å². The number of anilines is 1. The van der Waals surface area contributed by atoms with Gasteiger partial charge in [0, 0.05) is 21.7 Å². The second-order valence-electron chi connectivity index (χ2n) is 6.00. The number of H-pyrrole nitrogens is 1. The van der Waals surface area contributed by atoms with Gasteiger partial charge in [-0.2, -0.15) is 18.3 Å².